The lowest BCUT2D eigenvalue weighted by molar-refractivity contribution is 0.202. The van der Waals surface area contributed by atoms with Gasteiger partial charge in [0.25, 0.3) is 0 Å². The molecule has 0 aromatic heterocycles. The van der Waals surface area contributed by atoms with Gasteiger partial charge in [-0.2, -0.15) is 0 Å². The molecule has 0 fully saturated rings. The van der Waals surface area contributed by atoms with Crippen LogP contribution in [0.4, 0.5) is 10.1 Å². The van der Waals surface area contributed by atoms with Gasteiger partial charge in [0.05, 0.1) is 18.9 Å². The Bertz CT molecular complexity index is 413. The van der Waals surface area contributed by atoms with Crippen LogP contribution in [-0.4, -0.2) is 45.1 Å². The smallest absolute Gasteiger partial charge is 0.146 e. The molecule has 1 rings (SSSR count). The summed E-state index contributed by atoms with van der Waals surface area (Å²) in [7, 11) is 1.61. The van der Waals surface area contributed by atoms with Crippen molar-refractivity contribution in [2.24, 2.45) is 5.92 Å². The van der Waals surface area contributed by atoms with E-state index in [-0.39, 0.29) is 12.4 Å². The van der Waals surface area contributed by atoms with Gasteiger partial charge >= 0.3 is 0 Å². The number of para-hydroxylation sites is 1. The van der Waals surface area contributed by atoms with E-state index in [2.05, 4.69) is 19.2 Å². The van der Waals surface area contributed by atoms with Crippen LogP contribution in [0.5, 0.6) is 0 Å². The van der Waals surface area contributed by atoms with E-state index in [0.717, 1.165) is 12.1 Å². The maximum absolute atomic E-state index is 14.2. The van der Waals surface area contributed by atoms with Crippen LogP contribution in [0, 0.1) is 11.7 Å². The van der Waals surface area contributed by atoms with Gasteiger partial charge in [-0.15, -0.1) is 0 Å². The molecular weight excluding hydrogens is 271 g/mol. The Morgan fingerprint density at radius 3 is 2.71 bits per heavy atom. The Morgan fingerprint density at radius 1 is 1.33 bits per heavy atom. The van der Waals surface area contributed by atoms with Crippen LogP contribution in [0.15, 0.2) is 18.2 Å². The van der Waals surface area contributed by atoms with E-state index in [1.165, 1.54) is 6.07 Å². The predicted octanol–water partition coefficient (Wildman–Crippen LogP) is 2.02. The standard InChI is InChI=1S/C16H27FN2O2/c1-13(2)11-18-12-14-5-4-6-15(17)16(14)19(7-9-20)8-10-21-3/h4-6,13,18,20H,7-12H2,1-3H3. The molecule has 4 nitrogen and oxygen atoms in total. The second-order valence-corrected chi connectivity index (χ2v) is 5.48. The normalized spacial score (nSPS) is 11.1. The highest BCUT2D eigenvalue weighted by Gasteiger charge is 2.15. The number of anilines is 1. The third kappa shape index (κ3) is 5.99. The lowest BCUT2D eigenvalue weighted by Gasteiger charge is -2.27. The van der Waals surface area contributed by atoms with E-state index in [9.17, 15) is 9.50 Å². The Morgan fingerprint density at radius 2 is 2.10 bits per heavy atom. The van der Waals surface area contributed by atoms with E-state index in [4.69, 9.17) is 4.74 Å². The van der Waals surface area contributed by atoms with Crippen LogP contribution in [0.2, 0.25) is 0 Å². The first-order valence-corrected chi connectivity index (χ1v) is 7.43. The summed E-state index contributed by atoms with van der Waals surface area (Å²) in [6, 6.07) is 5.10. The monoisotopic (exact) mass is 298 g/mol. The van der Waals surface area contributed by atoms with E-state index in [1.54, 1.807) is 13.2 Å². The SMILES string of the molecule is COCCN(CCO)c1c(F)cccc1CNCC(C)C. The number of aliphatic hydroxyl groups is 1. The fourth-order valence-electron chi connectivity index (χ4n) is 2.21. The number of hydrogen-bond donors (Lipinski definition) is 2. The van der Waals surface area contributed by atoms with Crippen molar-refractivity contribution in [3.05, 3.63) is 29.6 Å². The molecule has 2 N–H and O–H groups in total. The van der Waals surface area contributed by atoms with Crippen LogP contribution in [0.1, 0.15) is 19.4 Å². The van der Waals surface area contributed by atoms with Gasteiger partial charge in [0.2, 0.25) is 0 Å². The van der Waals surface area contributed by atoms with E-state index in [0.29, 0.717) is 37.8 Å². The summed E-state index contributed by atoms with van der Waals surface area (Å²) >= 11 is 0. The summed E-state index contributed by atoms with van der Waals surface area (Å²) in [5.41, 5.74) is 1.46. The van der Waals surface area contributed by atoms with Crippen LogP contribution in [-0.2, 0) is 11.3 Å². The zero-order valence-corrected chi connectivity index (χ0v) is 13.2. The third-order valence-electron chi connectivity index (χ3n) is 3.19. The maximum atomic E-state index is 14.2. The Balaban J connectivity index is 2.89. The molecule has 0 atom stereocenters. The van der Waals surface area contributed by atoms with Gasteiger partial charge in [-0.3, -0.25) is 0 Å². The summed E-state index contributed by atoms with van der Waals surface area (Å²) in [5, 5.41) is 12.5. The largest absolute Gasteiger partial charge is 0.395 e. The summed E-state index contributed by atoms with van der Waals surface area (Å²) in [6.07, 6.45) is 0. The lowest BCUT2D eigenvalue weighted by Crippen LogP contribution is -2.32. The first kappa shape index (κ1) is 17.9. The predicted molar refractivity (Wildman–Crippen MR) is 84.1 cm³/mol. The number of ether oxygens (including phenoxy) is 1. The van der Waals surface area contributed by atoms with E-state index < -0.39 is 0 Å². The molecule has 1 aromatic rings. The summed E-state index contributed by atoms with van der Waals surface area (Å²) < 4.78 is 19.3. The zero-order chi connectivity index (χ0) is 15.7. The molecule has 0 amide bonds. The first-order chi connectivity index (χ1) is 10.1. The molecule has 0 aliphatic rings. The van der Waals surface area contributed by atoms with Gasteiger partial charge in [-0.25, -0.2) is 4.39 Å². The molecule has 0 saturated carbocycles. The maximum Gasteiger partial charge on any atom is 0.146 e. The van der Waals surface area contributed by atoms with Gasteiger partial charge < -0.3 is 20.1 Å². The molecule has 0 saturated heterocycles. The second kappa shape index (κ2) is 9.71. The molecule has 0 spiro atoms. The van der Waals surface area contributed by atoms with Gasteiger partial charge in [-0.05, 0) is 24.1 Å². The van der Waals surface area contributed by atoms with Gasteiger partial charge in [-0.1, -0.05) is 26.0 Å². The van der Waals surface area contributed by atoms with E-state index >= 15 is 0 Å². The topological polar surface area (TPSA) is 44.7 Å². The van der Waals surface area contributed by atoms with Crippen LogP contribution < -0.4 is 10.2 Å². The summed E-state index contributed by atoms with van der Waals surface area (Å²) in [6.45, 7) is 7.18. The minimum absolute atomic E-state index is 0.0170. The average Bonchev–Trinajstić information content (AvgIpc) is 2.44. The van der Waals surface area contributed by atoms with Crippen LogP contribution >= 0.6 is 0 Å². The molecule has 0 bridgehead atoms. The minimum Gasteiger partial charge on any atom is -0.395 e. The number of aliphatic hydroxyl groups excluding tert-OH is 1. The third-order valence-corrected chi connectivity index (χ3v) is 3.19. The quantitative estimate of drug-likeness (QED) is 0.694. The first-order valence-electron chi connectivity index (χ1n) is 7.43. The molecule has 0 heterocycles. The fraction of sp³-hybridized carbons (Fsp3) is 0.625. The molecular formula is C16H27FN2O2. The van der Waals surface area contributed by atoms with Crippen molar-refractivity contribution in [1.82, 2.24) is 5.32 Å². The van der Waals surface area contributed by atoms with Gasteiger partial charge in [0.15, 0.2) is 0 Å². The highest BCUT2D eigenvalue weighted by atomic mass is 19.1. The van der Waals surface area contributed by atoms with Crippen molar-refractivity contribution < 1.29 is 14.2 Å². The number of hydrogen-bond acceptors (Lipinski definition) is 4. The Kier molecular flexibility index (Phi) is 8.27. The van der Waals surface area contributed by atoms with Crippen LogP contribution in [0.3, 0.4) is 0 Å². The lowest BCUT2D eigenvalue weighted by atomic mass is 10.1. The number of methoxy groups -OCH3 is 1. The molecule has 120 valence electrons. The molecule has 5 heteroatoms. The fourth-order valence-corrected chi connectivity index (χ4v) is 2.21. The molecule has 0 unspecified atom stereocenters. The highest BCUT2D eigenvalue weighted by molar-refractivity contribution is 5.55. The van der Waals surface area contributed by atoms with Crippen molar-refractivity contribution in [3.63, 3.8) is 0 Å². The highest BCUT2D eigenvalue weighted by Crippen LogP contribution is 2.24. The summed E-state index contributed by atoms with van der Waals surface area (Å²) in [5.74, 6) is 0.285. The van der Waals surface area contributed by atoms with Gasteiger partial charge in [0.1, 0.15) is 5.82 Å². The molecule has 21 heavy (non-hydrogen) atoms. The number of halogens is 1. The van der Waals surface area contributed by atoms with Gasteiger partial charge in [0, 0.05) is 26.7 Å². The molecule has 0 radical (unpaired) electrons. The number of benzene rings is 1. The van der Waals surface area contributed by atoms with Crippen molar-refractivity contribution in [1.29, 1.82) is 0 Å². The average molecular weight is 298 g/mol. The van der Waals surface area contributed by atoms with Crippen LogP contribution in [0.25, 0.3) is 0 Å². The second-order valence-electron chi connectivity index (χ2n) is 5.48. The summed E-state index contributed by atoms with van der Waals surface area (Å²) in [4.78, 5) is 1.84. The molecule has 0 aliphatic carbocycles. The number of rotatable bonds is 10. The number of nitrogens with one attached hydrogen (secondary N) is 1. The van der Waals surface area contributed by atoms with Crippen molar-refractivity contribution in [3.8, 4) is 0 Å². The Labute approximate surface area is 126 Å². The Hall–Kier alpha value is -1.17. The van der Waals surface area contributed by atoms with Crippen molar-refractivity contribution in [2.75, 3.05) is 44.9 Å². The van der Waals surface area contributed by atoms with E-state index in [1.807, 2.05) is 11.0 Å². The zero-order valence-electron chi connectivity index (χ0n) is 13.2. The minimum atomic E-state index is -0.261. The van der Waals surface area contributed by atoms with Crippen molar-refractivity contribution >= 4 is 5.69 Å². The number of nitrogens with zero attached hydrogens (tertiary/aromatic N) is 1. The molecule has 1 aromatic carbocycles. The molecule has 0 aliphatic heterocycles. The van der Waals surface area contributed by atoms with Crippen molar-refractivity contribution in [2.45, 2.75) is 20.4 Å².